The minimum atomic E-state index is -0.467. The topological polar surface area (TPSA) is 124 Å². The fourth-order valence-corrected chi connectivity index (χ4v) is 6.99. The molecule has 10 heteroatoms. The minimum Gasteiger partial charge on any atom is -0.463 e. The van der Waals surface area contributed by atoms with E-state index in [1.165, 1.54) is 0 Å². The quantitative estimate of drug-likeness (QED) is 0.0271. The molecule has 318 valence electrons. The first-order valence-corrected chi connectivity index (χ1v) is 20.7. The van der Waals surface area contributed by atoms with Gasteiger partial charge < -0.3 is 28.4 Å². The van der Waals surface area contributed by atoms with Crippen LogP contribution >= 0.6 is 0 Å². The van der Waals surface area contributed by atoms with Gasteiger partial charge >= 0.3 is 23.9 Å². The molecule has 0 amide bonds. The largest absolute Gasteiger partial charge is 0.463 e. The Kier molecular flexibility index (Phi) is 14.6. The summed E-state index contributed by atoms with van der Waals surface area (Å²) in [6, 6.07) is 35.2. The van der Waals surface area contributed by atoms with Gasteiger partial charge in [-0.2, -0.15) is 0 Å². The van der Waals surface area contributed by atoms with Crippen LogP contribution in [-0.2, 0) is 28.5 Å². The lowest BCUT2D eigenvalue weighted by molar-refractivity contribution is -0.138. The number of carbonyl (C=O) groups is 4. The molecule has 0 saturated carbocycles. The first-order chi connectivity index (χ1) is 30.8. The Labute approximate surface area is 365 Å². The molecule has 7 rings (SSSR count). The summed E-state index contributed by atoms with van der Waals surface area (Å²) in [4.78, 5) is 47.3. The number of ether oxygens (including phenoxy) is 6. The second-order valence-electron chi connectivity index (χ2n) is 14.6. The molecular formula is C53H46O10. The van der Waals surface area contributed by atoms with E-state index in [9.17, 15) is 19.2 Å². The third kappa shape index (κ3) is 11.4. The Morgan fingerprint density at radius 1 is 0.460 bits per heavy atom. The Morgan fingerprint density at radius 3 is 1.22 bits per heavy atom. The number of carbonyl (C=O) groups excluding carboxylic acids is 4. The first-order valence-electron chi connectivity index (χ1n) is 20.7. The summed E-state index contributed by atoms with van der Waals surface area (Å²) < 4.78 is 32.9. The van der Waals surface area contributed by atoms with Gasteiger partial charge in [-0.05, 0) is 118 Å². The number of fused-ring (bicyclic) bond motifs is 7. The number of esters is 4. The highest BCUT2D eigenvalue weighted by Gasteiger charge is 2.22. The van der Waals surface area contributed by atoms with Gasteiger partial charge in [0.1, 0.15) is 11.5 Å². The minimum absolute atomic E-state index is 0.0930. The van der Waals surface area contributed by atoms with Crippen LogP contribution in [0, 0.1) is 0 Å². The molecular weight excluding hydrogens is 797 g/mol. The van der Waals surface area contributed by atoms with E-state index in [-0.39, 0.29) is 33.2 Å². The molecule has 1 aliphatic heterocycles. The van der Waals surface area contributed by atoms with Gasteiger partial charge in [0.25, 0.3) is 0 Å². The van der Waals surface area contributed by atoms with Crippen LogP contribution in [-0.4, -0.2) is 57.1 Å². The average molecular weight is 843 g/mol. The fourth-order valence-electron chi connectivity index (χ4n) is 6.99. The molecule has 63 heavy (non-hydrogen) atoms. The van der Waals surface area contributed by atoms with Crippen molar-refractivity contribution < 1.29 is 47.6 Å². The molecule has 0 radical (unpaired) electrons. The molecule has 0 aliphatic carbocycles. The molecule has 0 unspecified atom stereocenters. The molecule has 0 fully saturated rings. The van der Waals surface area contributed by atoms with Gasteiger partial charge in [-0.3, -0.25) is 0 Å². The molecule has 6 aromatic rings. The number of rotatable bonds is 18. The molecule has 1 heterocycles. The Bertz CT molecular complexity index is 2520. The normalized spacial score (nSPS) is 11.8. The van der Waals surface area contributed by atoms with Crippen LogP contribution in [0.4, 0.5) is 0 Å². The smallest absolute Gasteiger partial charge is 0.338 e. The van der Waals surface area contributed by atoms with Crippen LogP contribution in [0.2, 0.25) is 0 Å². The van der Waals surface area contributed by atoms with Gasteiger partial charge in [0.15, 0.2) is 0 Å². The van der Waals surface area contributed by atoms with E-state index in [1.807, 2.05) is 60.7 Å². The van der Waals surface area contributed by atoms with Gasteiger partial charge in [-0.15, -0.1) is 0 Å². The standard InChI is InChI=1S/C53H46O10/c1-3-48(54)58-29-5-7-31-60-52(56)40-19-13-36(14-20-40)9-11-38-17-25-44-42(33-38)23-27-46-50(44)51-45-26-18-39(34-43(45)24-28-47(51)63-35-62-46)12-10-37-15-21-41(22-16-37)53(57)61-32-8-6-30-59-49(55)4-2/h3-4,9-28,33-34H,1-2,5-8,29-32,35H2/b11-9-,12-10-. The van der Waals surface area contributed by atoms with Crippen LogP contribution in [0.1, 0.15) is 68.7 Å². The van der Waals surface area contributed by atoms with Gasteiger partial charge in [0, 0.05) is 23.3 Å². The van der Waals surface area contributed by atoms with Crippen LogP contribution < -0.4 is 9.47 Å². The van der Waals surface area contributed by atoms with Crippen molar-refractivity contribution in [1.82, 2.24) is 0 Å². The zero-order valence-electron chi connectivity index (χ0n) is 34.7. The van der Waals surface area contributed by atoms with Crippen molar-refractivity contribution >= 4 is 69.7 Å². The third-order valence-corrected chi connectivity index (χ3v) is 10.3. The lowest BCUT2D eigenvalue weighted by Crippen LogP contribution is -2.08. The summed E-state index contributed by atoms with van der Waals surface area (Å²) in [6.45, 7) is 7.80. The van der Waals surface area contributed by atoms with Crippen molar-refractivity contribution in [1.29, 1.82) is 0 Å². The van der Waals surface area contributed by atoms with Gasteiger partial charge in [-0.25, -0.2) is 19.2 Å². The van der Waals surface area contributed by atoms with Crippen LogP contribution in [0.3, 0.4) is 0 Å². The predicted molar refractivity (Wildman–Crippen MR) is 245 cm³/mol. The maximum Gasteiger partial charge on any atom is 0.338 e. The SMILES string of the molecule is C=CC(=O)OCCCCOC(=O)c1ccc(/C=C\c2ccc3c4c(ccc3c2)OCOc2ccc3cc(/C=C\c5ccc(C(=O)OCCCCOC(=O)C=C)cc5)ccc3c2-4)cc1. The number of hydrogen-bond donors (Lipinski definition) is 0. The van der Waals surface area contributed by atoms with E-state index >= 15 is 0 Å². The van der Waals surface area contributed by atoms with Gasteiger partial charge in [0.2, 0.25) is 6.79 Å². The van der Waals surface area contributed by atoms with Crippen LogP contribution in [0.25, 0.3) is 57.0 Å². The van der Waals surface area contributed by atoms with Crippen molar-refractivity contribution in [2.24, 2.45) is 0 Å². The third-order valence-electron chi connectivity index (χ3n) is 10.3. The predicted octanol–water partition coefficient (Wildman–Crippen LogP) is 11.1. The lowest BCUT2D eigenvalue weighted by Gasteiger charge is -2.14. The van der Waals surface area contributed by atoms with E-state index in [1.54, 1.807) is 24.3 Å². The maximum atomic E-state index is 12.5. The van der Waals surface area contributed by atoms with Gasteiger partial charge in [0.05, 0.1) is 37.6 Å². The summed E-state index contributed by atoms with van der Waals surface area (Å²) in [5, 5.41) is 4.16. The molecule has 10 nitrogen and oxygen atoms in total. The van der Waals surface area contributed by atoms with Crippen molar-refractivity contribution in [3.8, 4) is 22.6 Å². The van der Waals surface area contributed by atoms with Gasteiger partial charge in [-0.1, -0.05) is 98.1 Å². The highest BCUT2D eigenvalue weighted by atomic mass is 16.7. The Balaban J connectivity index is 1.00. The van der Waals surface area contributed by atoms with Crippen LogP contribution in [0.15, 0.2) is 135 Å². The molecule has 6 aromatic carbocycles. The number of hydrogen-bond acceptors (Lipinski definition) is 10. The highest BCUT2D eigenvalue weighted by Crippen LogP contribution is 2.47. The molecule has 1 aliphatic rings. The zero-order valence-corrected chi connectivity index (χ0v) is 34.7. The van der Waals surface area contributed by atoms with E-state index < -0.39 is 23.9 Å². The van der Waals surface area contributed by atoms with Crippen molar-refractivity contribution in [3.63, 3.8) is 0 Å². The molecule has 0 aromatic heterocycles. The number of unbranched alkanes of at least 4 members (excludes halogenated alkanes) is 2. The van der Waals surface area contributed by atoms with Crippen LogP contribution in [0.5, 0.6) is 11.5 Å². The molecule has 0 saturated heterocycles. The monoisotopic (exact) mass is 842 g/mol. The Hall–Kier alpha value is -7.72. The Morgan fingerprint density at radius 2 is 0.825 bits per heavy atom. The van der Waals surface area contributed by atoms with E-state index in [2.05, 4.69) is 61.7 Å². The van der Waals surface area contributed by atoms with Crippen molar-refractivity contribution in [2.45, 2.75) is 25.7 Å². The zero-order chi connectivity index (χ0) is 44.0. The number of benzene rings is 6. The first kappa shape index (κ1) is 43.4. The second-order valence-corrected chi connectivity index (χ2v) is 14.6. The second kappa shape index (κ2) is 21.2. The average Bonchev–Trinajstić information content (AvgIpc) is 3.52. The molecule has 0 spiro atoms. The lowest BCUT2D eigenvalue weighted by atomic mass is 9.91. The summed E-state index contributed by atoms with van der Waals surface area (Å²) >= 11 is 0. The van der Waals surface area contributed by atoms with E-state index in [4.69, 9.17) is 28.4 Å². The van der Waals surface area contributed by atoms with E-state index in [0.29, 0.717) is 36.8 Å². The summed E-state index contributed by atoms with van der Waals surface area (Å²) in [7, 11) is 0. The fraction of sp³-hybridized carbons (Fsp3) is 0.170. The summed E-state index contributed by atoms with van der Waals surface area (Å²) in [6.07, 6.45) is 12.7. The highest BCUT2D eigenvalue weighted by molar-refractivity contribution is 6.10. The summed E-state index contributed by atoms with van der Waals surface area (Å²) in [5.41, 5.74) is 6.75. The maximum absolute atomic E-state index is 12.5. The van der Waals surface area contributed by atoms with Crippen molar-refractivity contribution in [2.75, 3.05) is 33.2 Å². The molecule has 0 N–H and O–H groups in total. The molecule has 0 atom stereocenters. The van der Waals surface area contributed by atoms with Crippen molar-refractivity contribution in [3.05, 3.63) is 168 Å². The summed E-state index contributed by atoms with van der Waals surface area (Å²) in [5.74, 6) is -0.251. The van der Waals surface area contributed by atoms with E-state index in [0.717, 1.165) is 78.6 Å². The molecule has 0 bridgehead atoms.